The normalized spacial score (nSPS) is 15.0. The van der Waals surface area contributed by atoms with Crippen LogP contribution in [0.4, 0.5) is 0 Å². The van der Waals surface area contributed by atoms with Gasteiger partial charge in [-0.05, 0) is 26.3 Å². The van der Waals surface area contributed by atoms with Crippen LogP contribution in [0.1, 0.15) is 54.0 Å². The number of nitrogens with zero attached hydrogens (tertiary/aromatic N) is 2. The number of hydrogen-bond donors (Lipinski definition) is 2. The molecule has 0 bridgehead atoms. The van der Waals surface area contributed by atoms with Crippen LogP contribution in [0.5, 0.6) is 5.75 Å². The molecule has 0 saturated heterocycles. The molecule has 0 fully saturated rings. The molecular weight excluding hydrogens is 372 g/mol. The van der Waals surface area contributed by atoms with E-state index in [4.69, 9.17) is 9.15 Å². The van der Waals surface area contributed by atoms with Crippen molar-refractivity contribution in [1.82, 2.24) is 20.5 Å². The first-order valence-electron chi connectivity index (χ1n) is 9.96. The highest BCUT2D eigenvalue weighted by Gasteiger charge is 2.23. The lowest BCUT2D eigenvalue weighted by atomic mass is 10.2. The first-order chi connectivity index (χ1) is 14.0. The predicted octanol–water partition coefficient (Wildman–Crippen LogP) is 2.19. The Labute approximate surface area is 170 Å². The van der Waals surface area contributed by atoms with Crippen molar-refractivity contribution >= 4 is 11.8 Å². The van der Waals surface area contributed by atoms with Crippen LogP contribution in [0.25, 0.3) is 0 Å². The second-order valence-corrected chi connectivity index (χ2v) is 7.17. The van der Waals surface area contributed by atoms with Crippen LogP contribution in [0.3, 0.4) is 0 Å². The molecule has 0 saturated carbocycles. The number of nitrogens with one attached hydrogen (secondary N) is 2. The van der Waals surface area contributed by atoms with Gasteiger partial charge in [-0.15, -0.1) is 0 Å². The number of carbonyl (C=O) groups is 2. The Bertz CT molecular complexity index is 864. The quantitative estimate of drug-likeness (QED) is 0.740. The molecule has 0 radical (unpaired) electrons. The average Bonchev–Trinajstić information content (AvgIpc) is 2.97. The van der Waals surface area contributed by atoms with Gasteiger partial charge in [0.05, 0.1) is 6.54 Å². The lowest BCUT2D eigenvalue weighted by molar-refractivity contribution is -0.123. The average molecular weight is 400 g/mol. The topological polar surface area (TPSA) is 96.7 Å². The Morgan fingerprint density at radius 3 is 2.90 bits per heavy atom. The summed E-state index contributed by atoms with van der Waals surface area (Å²) in [5, 5.41) is 5.68. The summed E-state index contributed by atoms with van der Waals surface area (Å²) in [5.41, 5.74) is 1.33. The van der Waals surface area contributed by atoms with Crippen molar-refractivity contribution < 1.29 is 18.7 Å². The van der Waals surface area contributed by atoms with E-state index >= 15 is 0 Å². The van der Waals surface area contributed by atoms with Crippen LogP contribution in [0, 0.1) is 6.92 Å². The van der Waals surface area contributed by atoms with E-state index in [1.165, 1.54) is 0 Å². The van der Waals surface area contributed by atoms with Crippen molar-refractivity contribution in [2.45, 2.75) is 39.8 Å². The molecule has 0 unspecified atom stereocenters. The minimum atomic E-state index is -0.440. The molecule has 0 aliphatic carbocycles. The number of para-hydroxylation sites is 1. The van der Waals surface area contributed by atoms with Crippen LogP contribution < -0.4 is 15.4 Å². The van der Waals surface area contributed by atoms with Crippen LogP contribution in [0.15, 0.2) is 28.7 Å². The number of aryl methyl sites for hydroxylation is 1. The monoisotopic (exact) mass is 400 g/mol. The van der Waals surface area contributed by atoms with Gasteiger partial charge in [-0.3, -0.25) is 14.5 Å². The molecule has 0 spiro atoms. The summed E-state index contributed by atoms with van der Waals surface area (Å²) in [5.74, 6) is 1.23. The lowest BCUT2D eigenvalue weighted by Crippen LogP contribution is -2.39. The van der Waals surface area contributed by atoms with Crippen LogP contribution in [-0.4, -0.2) is 47.9 Å². The van der Waals surface area contributed by atoms with Gasteiger partial charge in [0, 0.05) is 25.2 Å². The van der Waals surface area contributed by atoms with Gasteiger partial charge in [0.15, 0.2) is 5.69 Å². The van der Waals surface area contributed by atoms with Gasteiger partial charge in [0.2, 0.25) is 11.8 Å². The first-order valence-corrected chi connectivity index (χ1v) is 9.96. The summed E-state index contributed by atoms with van der Waals surface area (Å²) in [7, 11) is 0. The van der Waals surface area contributed by atoms with E-state index in [1.807, 2.05) is 36.1 Å². The van der Waals surface area contributed by atoms with Crippen molar-refractivity contribution in [3.63, 3.8) is 0 Å². The molecule has 2 amide bonds. The predicted molar refractivity (Wildman–Crippen MR) is 108 cm³/mol. The zero-order valence-electron chi connectivity index (χ0n) is 17.2. The molecule has 1 aromatic heterocycles. The third-order valence-corrected chi connectivity index (χ3v) is 4.71. The van der Waals surface area contributed by atoms with Gasteiger partial charge in [-0.2, -0.15) is 0 Å². The number of fused-ring (bicyclic) bond motifs is 1. The molecule has 8 heteroatoms. The van der Waals surface area contributed by atoms with E-state index in [0.717, 1.165) is 17.7 Å². The maximum absolute atomic E-state index is 12.5. The fraction of sp³-hybridized carbons (Fsp3) is 0.476. The van der Waals surface area contributed by atoms with Gasteiger partial charge in [0.25, 0.3) is 5.91 Å². The Balaban J connectivity index is 1.57. The second kappa shape index (κ2) is 9.56. The first kappa shape index (κ1) is 20.9. The van der Waals surface area contributed by atoms with Gasteiger partial charge < -0.3 is 19.8 Å². The minimum Gasteiger partial charge on any atom is -0.492 e. The second-order valence-electron chi connectivity index (χ2n) is 7.17. The Morgan fingerprint density at radius 2 is 2.10 bits per heavy atom. The molecule has 156 valence electrons. The number of benzene rings is 1. The zero-order valence-corrected chi connectivity index (χ0v) is 17.2. The number of ether oxygens (including phenoxy) is 1. The van der Waals surface area contributed by atoms with Crippen molar-refractivity contribution in [2.75, 3.05) is 26.2 Å². The summed E-state index contributed by atoms with van der Waals surface area (Å²) < 4.78 is 11.4. The Morgan fingerprint density at radius 1 is 1.31 bits per heavy atom. The van der Waals surface area contributed by atoms with Crippen LogP contribution >= 0.6 is 0 Å². The standard InChI is InChI=1S/C21H28N4O4/c1-4-9-22-20(27)19-15(3)29-21(24-19)14(2)23-18(26)13-25-10-11-28-17-8-6-5-7-16(17)12-25/h5-8,14H,4,9-13H2,1-3H3,(H,22,27)(H,23,26)/t14-/m1/s1. The van der Waals surface area contributed by atoms with Crippen molar-refractivity contribution in [3.05, 3.63) is 47.2 Å². The van der Waals surface area contributed by atoms with E-state index in [2.05, 4.69) is 15.6 Å². The smallest absolute Gasteiger partial charge is 0.273 e. The summed E-state index contributed by atoms with van der Waals surface area (Å²) >= 11 is 0. The largest absolute Gasteiger partial charge is 0.492 e. The highest BCUT2D eigenvalue weighted by atomic mass is 16.5. The Hall–Kier alpha value is -2.87. The summed E-state index contributed by atoms with van der Waals surface area (Å²) in [6, 6.07) is 7.42. The number of amides is 2. The number of oxazole rings is 1. The molecule has 3 rings (SSSR count). The fourth-order valence-electron chi connectivity index (χ4n) is 3.20. The van der Waals surface area contributed by atoms with Crippen molar-refractivity contribution in [1.29, 1.82) is 0 Å². The maximum atomic E-state index is 12.5. The molecule has 1 aliphatic rings. The molecular formula is C21H28N4O4. The van der Waals surface area contributed by atoms with E-state index in [1.54, 1.807) is 13.8 Å². The third-order valence-electron chi connectivity index (χ3n) is 4.71. The van der Waals surface area contributed by atoms with Crippen LogP contribution in [-0.2, 0) is 11.3 Å². The van der Waals surface area contributed by atoms with Gasteiger partial charge in [-0.25, -0.2) is 4.98 Å². The van der Waals surface area contributed by atoms with Crippen molar-refractivity contribution in [3.8, 4) is 5.75 Å². The number of rotatable bonds is 7. The molecule has 2 N–H and O–H groups in total. The van der Waals surface area contributed by atoms with E-state index in [-0.39, 0.29) is 24.1 Å². The van der Waals surface area contributed by atoms with E-state index < -0.39 is 6.04 Å². The fourth-order valence-corrected chi connectivity index (χ4v) is 3.20. The van der Waals surface area contributed by atoms with Gasteiger partial charge in [-0.1, -0.05) is 25.1 Å². The SMILES string of the molecule is CCCNC(=O)c1nc([C@@H](C)NC(=O)CN2CCOc3ccccc3C2)oc1C. The molecule has 29 heavy (non-hydrogen) atoms. The van der Waals surface area contributed by atoms with Crippen molar-refractivity contribution in [2.24, 2.45) is 0 Å². The minimum absolute atomic E-state index is 0.135. The van der Waals surface area contributed by atoms with E-state index in [0.29, 0.717) is 37.9 Å². The molecule has 8 nitrogen and oxygen atoms in total. The van der Waals surface area contributed by atoms with Gasteiger partial charge in [0.1, 0.15) is 24.2 Å². The zero-order chi connectivity index (χ0) is 20.8. The third kappa shape index (κ3) is 5.35. The number of carbonyl (C=O) groups excluding carboxylic acids is 2. The lowest BCUT2D eigenvalue weighted by Gasteiger charge is -2.19. The Kier molecular flexibility index (Phi) is 6.87. The highest BCUT2D eigenvalue weighted by Crippen LogP contribution is 2.22. The molecule has 1 aliphatic heterocycles. The molecule has 2 heterocycles. The number of hydrogen-bond acceptors (Lipinski definition) is 6. The maximum Gasteiger partial charge on any atom is 0.273 e. The highest BCUT2D eigenvalue weighted by molar-refractivity contribution is 5.93. The number of aromatic nitrogens is 1. The molecule has 1 aromatic carbocycles. The van der Waals surface area contributed by atoms with Crippen LogP contribution in [0.2, 0.25) is 0 Å². The summed E-state index contributed by atoms with van der Waals surface area (Å²) in [4.78, 5) is 31.0. The van der Waals surface area contributed by atoms with E-state index in [9.17, 15) is 9.59 Å². The molecule has 1 atom stereocenters. The summed E-state index contributed by atoms with van der Waals surface area (Å²) in [6.45, 7) is 8.14. The molecule has 2 aromatic rings. The summed E-state index contributed by atoms with van der Waals surface area (Å²) in [6.07, 6.45) is 0.841. The van der Waals surface area contributed by atoms with Gasteiger partial charge >= 0.3 is 0 Å².